The van der Waals surface area contributed by atoms with Gasteiger partial charge >= 0.3 is 0 Å². The Bertz CT molecular complexity index is 592. The summed E-state index contributed by atoms with van der Waals surface area (Å²) < 4.78 is 11.1. The van der Waals surface area contributed by atoms with E-state index in [9.17, 15) is 9.59 Å². The molecule has 25 heavy (non-hydrogen) atoms. The maximum absolute atomic E-state index is 11.5. The van der Waals surface area contributed by atoms with E-state index in [-0.39, 0.29) is 5.78 Å². The first-order valence-corrected chi connectivity index (χ1v) is 8.64. The zero-order chi connectivity index (χ0) is 18.1. The highest BCUT2D eigenvalue weighted by molar-refractivity contribution is 5.93. The molecule has 1 aliphatic heterocycles. The molecule has 6 heteroatoms. The lowest BCUT2D eigenvalue weighted by Crippen LogP contribution is -2.48. The topological polar surface area (TPSA) is 68.7 Å². The van der Waals surface area contributed by atoms with Crippen molar-refractivity contribution in [2.75, 3.05) is 31.8 Å². The standard InChI is InChI=1S/C19H26N2O4/c1-3-4-17(23)7-5-16-6-8-18(20-13-16)21(15-22)14-19(24-2)9-11-25-12-10-19/h5-8,13,15H,3-4,9-12,14H2,1-2H3/b7-5+. The first-order chi connectivity index (χ1) is 12.1. The van der Waals surface area contributed by atoms with Gasteiger partial charge in [-0.1, -0.05) is 6.92 Å². The number of ether oxygens (including phenoxy) is 2. The number of aromatic nitrogens is 1. The van der Waals surface area contributed by atoms with Crippen molar-refractivity contribution in [2.24, 2.45) is 0 Å². The van der Waals surface area contributed by atoms with Crippen LogP contribution in [-0.4, -0.2) is 49.6 Å². The van der Waals surface area contributed by atoms with Crippen LogP contribution in [0.15, 0.2) is 24.4 Å². The number of allylic oxidation sites excluding steroid dienone is 1. The summed E-state index contributed by atoms with van der Waals surface area (Å²) in [5.74, 6) is 0.664. The number of hydrogen-bond donors (Lipinski definition) is 0. The van der Waals surface area contributed by atoms with Crippen molar-refractivity contribution < 1.29 is 19.1 Å². The minimum Gasteiger partial charge on any atom is -0.381 e. The SMILES string of the molecule is CCCC(=O)/C=C/c1ccc(N(C=O)CC2(OC)CCOCC2)nc1. The molecule has 0 atom stereocenters. The summed E-state index contributed by atoms with van der Waals surface area (Å²) in [6.45, 7) is 3.67. The molecule has 0 bridgehead atoms. The predicted molar refractivity (Wildman–Crippen MR) is 96.4 cm³/mol. The zero-order valence-corrected chi connectivity index (χ0v) is 14.9. The lowest BCUT2D eigenvalue weighted by atomic mass is 9.93. The fraction of sp³-hybridized carbons (Fsp3) is 0.526. The van der Waals surface area contributed by atoms with Gasteiger partial charge in [-0.15, -0.1) is 0 Å². The van der Waals surface area contributed by atoms with Crippen LogP contribution in [-0.2, 0) is 19.1 Å². The van der Waals surface area contributed by atoms with E-state index in [0.29, 0.717) is 32.0 Å². The molecule has 1 fully saturated rings. The van der Waals surface area contributed by atoms with Crippen molar-refractivity contribution in [3.05, 3.63) is 30.0 Å². The van der Waals surface area contributed by atoms with Crippen molar-refractivity contribution >= 4 is 24.1 Å². The molecule has 0 saturated carbocycles. The summed E-state index contributed by atoms with van der Waals surface area (Å²) in [7, 11) is 1.67. The lowest BCUT2D eigenvalue weighted by molar-refractivity contribution is -0.114. The summed E-state index contributed by atoms with van der Waals surface area (Å²) in [6.07, 6.45) is 8.62. The molecule has 1 aliphatic rings. The minimum atomic E-state index is -0.397. The van der Waals surface area contributed by atoms with Gasteiger partial charge in [-0.2, -0.15) is 0 Å². The molecular weight excluding hydrogens is 320 g/mol. The van der Waals surface area contributed by atoms with E-state index >= 15 is 0 Å². The zero-order valence-electron chi connectivity index (χ0n) is 14.9. The summed E-state index contributed by atoms with van der Waals surface area (Å²) in [5, 5.41) is 0. The number of hydrogen-bond acceptors (Lipinski definition) is 5. The lowest BCUT2D eigenvalue weighted by Gasteiger charge is -2.38. The van der Waals surface area contributed by atoms with Gasteiger partial charge in [0.25, 0.3) is 0 Å². The Kier molecular flexibility index (Phi) is 7.28. The van der Waals surface area contributed by atoms with Crippen molar-refractivity contribution in [1.82, 2.24) is 4.98 Å². The molecule has 6 nitrogen and oxygen atoms in total. The molecular formula is C19H26N2O4. The molecule has 1 aromatic rings. The van der Waals surface area contributed by atoms with Crippen molar-refractivity contribution in [3.8, 4) is 0 Å². The van der Waals surface area contributed by atoms with Crippen LogP contribution < -0.4 is 4.90 Å². The highest BCUT2D eigenvalue weighted by Gasteiger charge is 2.35. The van der Waals surface area contributed by atoms with Crippen LogP contribution in [0, 0.1) is 0 Å². The smallest absolute Gasteiger partial charge is 0.215 e. The van der Waals surface area contributed by atoms with Crippen LogP contribution in [0.1, 0.15) is 38.2 Å². The molecule has 1 aromatic heterocycles. The monoisotopic (exact) mass is 346 g/mol. The normalized spacial score (nSPS) is 16.7. The summed E-state index contributed by atoms with van der Waals surface area (Å²) in [4.78, 5) is 29.0. The Morgan fingerprint density at radius 1 is 1.40 bits per heavy atom. The average Bonchev–Trinajstić information content (AvgIpc) is 2.66. The molecule has 136 valence electrons. The average molecular weight is 346 g/mol. The van der Waals surface area contributed by atoms with E-state index in [4.69, 9.17) is 9.47 Å². The largest absolute Gasteiger partial charge is 0.381 e. The van der Waals surface area contributed by atoms with Gasteiger partial charge in [0.2, 0.25) is 6.41 Å². The third kappa shape index (κ3) is 5.47. The van der Waals surface area contributed by atoms with Gasteiger partial charge in [0.15, 0.2) is 5.78 Å². The van der Waals surface area contributed by atoms with E-state index in [0.717, 1.165) is 31.2 Å². The van der Waals surface area contributed by atoms with Crippen LogP contribution in [0.3, 0.4) is 0 Å². The van der Waals surface area contributed by atoms with E-state index < -0.39 is 5.60 Å². The predicted octanol–water partition coefficient (Wildman–Crippen LogP) is 2.62. The number of amides is 1. The fourth-order valence-corrected chi connectivity index (χ4v) is 2.84. The third-order valence-corrected chi connectivity index (χ3v) is 4.45. The van der Waals surface area contributed by atoms with E-state index in [1.807, 2.05) is 13.0 Å². The van der Waals surface area contributed by atoms with Gasteiger partial charge in [-0.05, 0) is 36.3 Å². The van der Waals surface area contributed by atoms with E-state index in [1.165, 1.54) is 0 Å². The molecule has 0 unspecified atom stereocenters. The maximum atomic E-state index is 11.5. The molecule has 1 saturated heterocycles. The van der Waals surface area contributed by atoms with Gasteiger partial charge in [0.1, 0.15) is 5.82 Å². The van der Waals surface area contributed by atoms with Crippen molar-refractivity contribution in [3.63, 3.8) is 0 Å². The quantitative estimate of drug-likeness (QED) is 0.508. The van der Waals surface area contributed by atoms with Gasteiger partial charge in [-0.3, -0.25) is 14.5 Å². The Hall–Kier alpha value is -2.05. The Balaban J connectivity index is 2.05. The molecule has 0 aromatic carbocycles. The van der Waals surface area contributed by atoms with E-state index in [1.54, 1.807) is 36.4 Å². The summed E-state index contributed by atoms with van der Waals surface area (Å²) in [5.41, 5.74) is 0.429. The molecule has 2 heterocycles. The van der Waals surface area contributed by atoms with Crippen LogP contribution >= 0.6 is 0 Å². The second kappa shape index (κ2) is 9.44. The van der Waals surface area contributed by atoms with E-state index in [2.05, 4.69) is 4.98 Å². The highest BCUT2D eigenvalue weighted by Crippen LogP contribution is 2.27. The number of ketones is 1. The number of pyridine rings is 1. The number of methoxy groups -OCH3 is 1. The van der Waals surface area contributed by atoms with Gasteiger partial charge in [0, 0.05) is 45.8 Å². The second-order valence-corrected chi connectivity index (χ2v) is 6.23. The van der Waals surface area contributed by atoms with Gasteiger partial charge in [0.05, 0.1) is 12.1 Å². The first kappa shape index (κ1) is 19.3. The Labute approximate surface area is 148 Å². The van der Waals surface area contributed by atoms with Crippen molar-refractivity contribution in [1.29, 1.82) is 0 Å². The number of anilines is 1. The van der Waals surface area contributed by atoms with Gasteiger partial charge in [-0.25, -0.2) is 4.98 Å². The fourth-order valence-electron chi connectivity index (χ4n) is 2.84. The second-order valence-electron chi connectivity index (χ2n) is 6.23. The summed E-state index contributed by atoms with van der Waals surface area (Å²) in [6, 6.07) is 3.62. The molecule has 1 amide bonds. The third-order valence-electron chi connectivity index (χ3n) is 4.45. The molecule has 0 radical (unpaired) electrons. The van der Waals surface area contributed by atoms with Crippen LogP contribution in [0.2, 0.25) is 0 Å². The van der Waals surface area contributed by atoms with Crippen LogP contribution in [0.4, 0.5) is 5.82 Å². The van der Waals surface area contributed by atoms with Gasteiger partial charge < -0.3 is 9.47 Å². The molecule has 0 N–H and O–H groups in total. The Morgan fingerprint density at radius 3 is 2.72 bits per heavy atom. The number of nitrogens with zero attached hydrogens (tertiary/aromatic N) is 2. The molecule has 2 rings (SSSR count). The number of rotatable bonds is 9. The molecule has 0 spiro atoms. The first-order valence-electron chi connectivity index (χ1n) is 8.64. The van der Waals surface area contributed by atoms with Crippen molar-refractivity contribution in [2.45, 2.75) is 38.2 Å². The maximum Gasteiger partial charge on any atom is 0.215 e. The number of carbonyl (C=O) groups excluding carboxylic acids is 2. The number of carbonyl (C=O) groups is 2. The minimum absolute atomic E-state index is 0.0997. The Morgan fingerprint density at radius 2 is 2.16 bits per heavy atom. The summed E-state index contributed by atoms with van der Waals surface area (Å²) >= 11 is 0. The van der Waals surface area contributed by atoms with Crippen LogP contribution in [0.25, 0.3) is 6.08 Å². The highest BCUT2D eigenvalue weighted by atomic mass is 16.5. The molecule has 0 aliphatic carbocycles. The van der Waals surface area contributed by atoms with Crippen LogP contribution in [0.5, 0.6) is 0 Å².